The van der Waals surface area contributed by atoms with Crippen LogP contribution in [0.3, 0.4) is 0 Å². The predicted octanol–water partition coefficient (Wildman–Crippen LogP) is 3.98. The highest BCUT2D eigenvalue weighted by Crippen LogP contribution is 2.23. The molecule has 3 rings (SSSR count). The number of nitrogens with one attached hydrogen (secondary N) is 1. The van der Waals surface area contributed by atoms with Gasteiger partial charge in [-0.3, -0.25) is 13.9 Å². The van der Waals surface area contributed by atoms with Gasteiger partial charge in [-0.2, -0.15) is 0 Å². The van der Waals surface area contributed by atoms with Gasteiger partial charge in [0.05, 0.1) is 11.9 Å². The number of carbonyl (C=O) groups is 2. The van der Waals surface area contributed by atoms with Crippen LogP contribution in [0.5, 0.6) is 0 Å². The molecule has 7 nitrogen and oxygen atoms in total. The molecule has 2 amide bonds. The van der Waals surface area contributed by atoms with Gasteiger partial charge < -0.3 is 10.2 Å². The first-order valence-electron chi connectivity index (χ1n) is 12.4. The number of nitrogens with zero attached hydrogens (tertiary/aromatic N) is 2. The lowest BCUT2D eigenvalue weighted by molar-refractivity contribution is -0.140. The molecule has 0 saturated heterocycles. The molecule has 0 heterocycles. The zero-order valence-corrected chi connectivity index (χ0v) is 23.0. The number of benzene rings is 3. The molecular weight excluding hydrogens is 505 g/mol. The predicted molar refractivity (Wildman–Crippen MR) is 148 cm³/mol. The average Bonchev–Trinajstić information content (AvgIpc) is 2.85. The minimum Gasteiger partial charge on any atom is -0.355 e. The Hall–Kier alpha value is -3.72. The molecule has 0 bridgehead atoms. The van der Waals surface area contributed by atoms with Crippen LogP contribution in [0.25, 0.3) is 0 Å². The van der Waals surface area contributed by atoms with Crippen LogP contribution >= 0.6 is 0 Å². The van der Waals surface area contributed by atoms with Gasteiger partial charge in [0.25, 0.3) is 0 Å². The van der Waals surface area contributed by atoms with Crippen molar-refractivity contribution in [2.24, 2.45) is 0 Å². The summed E-state index contributed by atoms with van der Waals surface area (Å²) in [6, 6.07) is 19.4. The Morgan fingerprint density at radius 3 is 2.08 bits per heavy atom. The Balaban J connectivity index is 2.05. The molecule has 0 spiro atoms. The van der Waals surface area contributed by atoms with Crippen LogP contribution in [0.4, 0.5) is 10.1 Å². The minimum atomic E-state index is -3.84. The highest BCUT2D eigenvalue weighted by molar-refractivity contribution is 7.92. The van der Waals surface area contributed by atoms with E-state index in [2.05, 4.69) is 5.32 Å². The van der Waals surface area contributed by atoms with Crippen molar-refractivity contribution in [1.82, 2.24) is 10.2 Å². The van der Waals surface area contributed by atoms with Gasteiger partial charge >= 0.3 is 0 Å². The van der Waals surface area contributed by atoms with Crippen LogP contribution in [0.1, 0.15) is 29.2 Å². The number of anilines is 1. The summed E-state index contributed by atoms with van der Waals surface area (Å²) in [5.41, 5.74) is 3.54. The second-order valence-electron chi connectivity index (χ2n) is 9.36. The molecule has 3 aromatic carbocycles. The number of aryl methyl sites for hydroxylation is 2. The van der Waals surface area contributed by atoms with Crippen LogP contribution < -0.4 is 9.62 Å². The van der Waals surface area contributed by atoms with Gasteiger partial charge in [0.2, 0.25) is 21.8 Å². The third-order valence-corrected chi connectivity index (χ3v) is 7.20. The van der Waals surface area contributed by atoms with Crippen molar-refractivity contribution in [3.63, 3.8) is 0 Å². The third kappa shape index (κ3) is 7.89. The van der Waals surface area contributed by atoms with Crippen molar-refractivity contribution < 1.29 is 22.4 Å². The number of carbonyl (C=O) groups excluding carboxylic acids is 2. The molecule has 3 aromatic rings. The largest absolute Gasteiger partial charge is 0.355 e. The quantitative estimate of drug-likeness (QED) is 0.399. The lowest BCUT2D eigenvalue weighted by atomic mass is 10.0. The lowest BCUT2D eigenvalue weighted by Crippen LogP contribution is -2.53. The van der Waals surface area contributed by atoms with Gasteiger partial charge in [-0.1, -0.05) is 48.5 Å². The molecule has 0 aliphatic heterocycles. The van der Waals surface area contributed by atoms with E-state index in [0.717, 1.165) is 27.3 Å². The van der Waals surface area contributed by atoms with Crippen molar-refractivity contribution in [2.75, 3.05) is 23.7 Å². The topological polar surface area (TPSA) is 86.8 Å². The van der Waals surface area contributed by atoms with Gasteiger partial charge in [-0.15, -0.1) is 0 Å². The molecule has 0 aliphatic carbocycles. The fraction of sp³-hybridized carbons (Fsp3) is 0.310. The molecule has 1 unspecified atom stereocenters. The highest BCUT2D eigenvalue weighted by Gasteiger charge is 2.33. The smallest absolute Gasteiger partial charge is 0.244 e. The molecule has 202 valence electrons. The maximum Gasteiger partial charge on any atom is 0.244 e. The number of halogens is 1. The number of rotatable bonds is 11. The van der Waals surface area contributed by atoms with Gasteiger partial charge in [0.1, 0.15) is 18.4 Å². The van der Waals surface area contributed by atoms with E-state index in [1.54, 1.807) is 31.2 Å². The zero-order chi connectivity index (χ0) is 27.9. The standard InChI is InChI=1S/C29H34FN3O4S/c1-5-31-29(35)27(18-23-9-7-6-8-10-23)32(19-24-11-13-25(30)14-12-24)28(34)20-33(38(4,36)37)26-16-21(2)15-22(3)17-26/h6-17,27H,5,18-20H2,1-4H3,(H,31,35). The lowest BCUT2D eigenvalue weighted by Gasteiger charge is -2.33. The Labute approximate surface area is 224 Å². The van der Waals surface area contributed by atoms with Crippen molar-refractivity contribution in [2.45, 2.75) is 39.8 Å². The maximum atomic E-state index is 13.9. The van der Waals surface area contributed by atoms with E-state index in [1.807, 2.05) is 50.2 Å². The SMILES string of the molecule is CCNC(=O)C(Cc1ccccc1)N(Cc1ccc(F)cc1)C(=O)CN(c1cc(C)cc(C)c1)S(C)(=O)=O. The number of amides is 2. The number of hydrogen-bond donors (Lipinski definition) is 1. The van der Waals surface area contributed by atoms with Gasteiger partial charge in [0, 0.05) is 19.5 Å². The Morgan fingerprint density at radius 2 is 1.53 bits per heavy atom. The summed E-state index contributed by atoms with van der Waals surface area (Å²) in [6.45, 7) is 5.36. The number of likely N-dealkylation sites (N-methyl/N-ethyl adjacent to an activating group) is 1. The zero-order valence-electron chi connectivity index (χ0n) is 22.1. The van der Waals surface area contributed by atoms with E-state index < -0.39 is 34.3 Å². The van der Waals surface area contributed by atoms with E-state index in [4.69, 9.17) is 0 Å². The minimum absolute atomic E-state index is 0.00179. The summed E-state index contributed by atoms with van der Waals surface area (Å²) < 4.78 is 40.3. The molecule has 0 aliphatic rings. The van der Waals surface area contributed by atoms with E-state index in [1.165, 1.54) is 17.0 Å². The van der Waals surface area contributed by atoms with Gasteiger partial charge in [0.15, 0.2) is 0 Å². The third-order valence-electron chi connectivity index (χ3n) is 6.06. The second kappa shape index (κ2) is 12.7. The van der Waals surface area contributed by atoms with E-state index in [-0.39, 0.29) is 18.9 Å². The summed E-state index contributed by atoms with van der Waals surface area (Å²) >= 11 is 0. The molecule has 0 fully saturated rings. The first-order chi connectivity index (χ1) is 18.0. The van der Waals surface area contributed by atoms with Crippen molar-refractivity contribution in [3.05, 3.63) is 101 Å². The summed E-state index contributed by atoms with van der Waals surface area (Å²) in [4.78, 5) is 28.6. The summed E-state index contributed by atoms with van der Waals surface area (Å²) in [7, 11) is -3.84. The summed E-state index contributed by atoms with van der Waals surface area (Å²) in [6.07, 6.45) is 1.27. The van der Waals surface area contributed by atoms with Gasteiger partial charge in [-0.25, -0.2) is 12.8 Å². The Bertz CT molecular complexity index is 1340. The van der Waals surface area contributed by atoms with E-state index >= 15 is 0 Å². The Kier molecular flexibility index (Phi) is 9.63. The molecule has 0 saturated carbocycles. The van der Waals surface area contributed by atoms with E-state index in [0.29, 0.717) is 17.8 Å². The Morgan fingerprint density at radius 1 is 0.921 bits per heavy atom. The molecular formula is C29H34FN3O4S. The number of hydrogen-bond acceptors (Lipinski definition) is 4. The summed E-state index contributed by atoms with van der Waals surface area (Å²) in [5, 5.41) is 2.80. The maximum absolute atomic E-state index is 13.9. The van der Waals surface area contributed by atoms with Crippen LogP contribution in [0.15, 0.2) is 72.8 Å². The first-order valence-corrected chi connectivity index (χ1v) is 14.2. The molecule has 0 radical (unpaired) electrons. The monoisotopic (exact) mass is 539 g/mol. The molecule has 0 aromatic heterocycles. The second-order valence-corrected chi connectivity index (χ2v) is 11.3. The fourth-order valence-electron chi connectivity index (χ4n) is 4.34. The van der Waals surface area contributed by atoms with Crippen molar-refractivity contribution in [1.29, 1.82) is 0 Å². The molecule has 38 heavy (non-hydrogen) atoms. The van der Waals surface area contributed by atoms with Crippen LogP contribution in [-0.4, -0.2) is 50.5 Å². The molecule has 1 N–H and O–H groups in total. The van der Waals surface area contributed by atoms with Crippen LogP contribution in [-0.2, 0) is 32.6 Å². The summed E-state index contributed by atoms with van der Waals surface area (Å²) in [5.74, 6) is -1.33. The van der Waals surface area contributed by atoms with Gasteiger partial charge in [-0.05, 0) is 67.3 Å². The molecule has 1 atom stereocenters. The normalized spacial score (nSPS) is 12.0. The van der Waals surface area contributed by atoms with Crippen molar-refractivity contribution in [3.8, 4) is 0 Å². The first kappa shape index (κ1) is 28.8. The van der Waals surface area contributed by atoms with Crippen LogP contribution in [0.2, 0.25) is 0 Å². The highest BCUT2D eigenvalue weighted by atomic mass is 32.2. The number of sulfonamides is 1. The van der Waals surface area contributed by atoms with Crippen molar-refractivity contribution >= 4 is 27.5 Å². The fourth-order valence-corrected chi connectivity index (χ4v) is 5.17. The van der Waals surface area contributed by atoms with Crippen LogP contribution in [0, 0.1) is 19.7 Å². The molecule has 9 heteroatoms. The average molecular weight is 540 g/mol. The van der Waals surface area contributed by atoms with E-state index in [9.17, 15) is 22.4 Å².